The third-order valence-electron chi connectivity index (χ3n) is 3.76. The van der Waals surface area contributed by atoms with E-state index in [-0.39, 0.29) is 17.3 Å². The summed E-state index contributed by atoms with van der Waals surface area (Å²) in [6.45, 7) is 0.277. The van der Waals surface area contributed by atoms with E-state index in [2.05, 4.69) is 10.1 Å². The monoisotopic (exact) mass is 391 g/mol. The third kappa shape index (κ3) is 4.50. The summed E-state index contributed by atoms with van der Waals surface area (Å²) in [6.07, 6.45) is 0.454. The summed E-state index contributed by atoms with van der Waals surface area (Å²) in [4.78, 5) is 4.18. The van der Waals surface area contributed by atoms with E-state index in [0.717, 1.165) is 16.4 Å². The molecule has 3 aromatic rings. The number of rotatable bonds is 8. The Labute approximate surface area is 156 Å². The molecule has 0 saturated heterocycles. The summed E-state index contributed by atoms with van der Waals surface area (Å²) >= 11 is 0. The van der Waals surface area contributed by atoms with Crippen molar-refractivity contribution in [3.63, 3.8) is 0 Å². The van der Waals surface area contributed by atoms with Gasteiger partial charge in [0.15, 0.2) is 5.82 Å². The van der Waals surface area contributed by atoms with Gasteiger partial charge in [-0.1, -0.05) is 23.4 Å². The quantitative estimate of drug-likeness (QED) is 0.587. The molecule has 9 heteroatoms. The van der Waals surface area contributed by atoms with E-state index in [0.29, 0.717) is 24.5 Å². The van der Waals surface area contributed by atoms with Gasteiger partial charge in [0.05, 0.1) is 17.2 Å². The maximum atomic E-state index is 13.2. The normalized spacial score (nSPS) is 11.5. The van der Waals surface area contributed by atoms with E-state index in [9.17, 15) is 12.8 Å². The molecule has 142 valence electrons. The van der Waals surface area contributed by atoms with Crippen molar-refractivity contribution in [2.45, 2.75) is 17.9 Å². The van der Waals surface area contributed by atoms with Gasteiger partial charge in [0.1, 0.15) is 12.4 Å². The van der Waals surface area contributed by atoms with Crippen molar-refractivity contribution in [3.05, 3.63) is 72.1 Å². The van der Waals surface area contributed by atoms with Crippen LogP contribution in [0.15, 0.2) is 64.0 Å². The van der Waals surface area contributed by atoms with Crippen molar-refractivity contribution in [2.75, 3.05) is 18.0 Å². The molecule has 0 saturated carbocycles. The van der Waals surface area contributed by atoms with Crippen molar-refractivity contribution in [1.29, 1.82) is 0 Å². The number of benzene rings is 2. The minimum atomic E-state index is -3.96. The number of hydrogen-bond donors (Lipinski definition) is 0. The second kappa shape index (κ2) is 8.28. The van der Waals surface area contributed by atoms with Crippen LogP contribution in [0.2, 0.25) is 0 Å². The highest BCUT2D eigenvalue weighted by Gasteiger charge is 2.27. The fraction of sp³-hybridized carbons (Fsp3) is 0.222. The number of ether oxygens (including phenoxy) is 1. The lowest BCUT2D eigenvalue weighted by Crippen LogP contribution is -2.30. The van der Waals surface area contributed by atoms with Crippen LogP contribution in [0.5, 0.6) is 0 Å². The van der Waals surface area contributed by atoms with Gasteiger partial charge in [0, 0.05) is 13.5 Å². The molecule has 0 aliphatic carbocycles. The van der Waals surface area contributed by atoms with Crippen LogP contribution in [0, 0.1) is 5.82 Å². The predicted molar refractivity (Wildman–Crippen MR) is 96.1 cm³/mol. The summed E-state index contributed by atoms with van der Waals surface area (Å²) in [5, 5.41) is 3.83. The highest BCUT2D eigenvalue weighted by Crippen LogP contribution is 2.25. The van der Waals surface area contributed by atoms with Crippen molar-refractivity contribution in [1.82, 2.24) is 10.1 Å². The van der Waals surface area contributed by atoms with E-state index in [4.69, 9.17) is 9.26 Å². The first-order valence-electron chi connectivity index (χ1n) is 8.14. The van der Waals surface area contributed by atoms with Gasteiger partial charge in [-0.05, 0) is 36.4 Å². The molecule has 0 radical (unpaired) electrons. The van der Waals surface area contributed by atoms with Gasteiger partial charge in [-0.25, -0.2) is 12.8 Å². The topological polar surface area (TPSA) is 85.5 Å². The highest BCUT2D eigenvalue weighted by atomic mass is 32.2. The van der Waals surface area contributed by atoms with Crippen LogP contribution in [-0.2, 0) is 27.7 Å². The first-order valence-corrected chi connectivity index (χ1v) is 9.58. The molecule has 0 amide bonds. The van der Waals surface area contributed by atoms with Gasteiger partial charge in [0.2, 0.25) is 5.89 Å². The Morgan fingerprint density at radius 3 is 2.48 bits per heavy atom. The largest absolute Gasteiger partial charge is 0.384 e. The molecule has 0 bridgehead atoms. The first-order chi connectivity index (χ1) is 13.0. The van der Waals surface area contributed by atoms with Gasteiger partial charge in [-0.3, -0.25) is 4.31 Å². The molecule has 0 fully saturated rings. The number of halogens is 1. The van der Waals surface area contributed by atoms with Gasteiger partial charge >= 0.3 is 0 Å². The minimum absolute atomic E-state index is 0.0353. The number of sulfonamides is 1. The van der Waals surface area contributed by atoms with E-state index in [1.807, 2.05) is 0 Å². The Balaban J connectivity index is 1.94. The smallest absolute Gasteiger partial charge is 0.264 e. The molecule has 0 aliphatic rings. The second-order valence-electron chi connectivity index (χ2n) is 5.65. The molecule has 1 heterocycles. The summed E-state index contributed by atoms with van der Waals surface area (Å²) in [5.41, 5.74) is 0.429. The lowest BCUT2D eigenvalue weighted by Gasteiger charge is -2.22. The minimum Gasteiger partial charge on any atom is -0.384 e. The Morgan fingerprint density at radius 1 is 1.11 bits per heavy atom. The van der Waals surface area contributed by atoms with E-state index in [1.54, 1.807) is 37.4 Å². The van der Waals surface area contributed by atoms with Crippen LogP contribution in [-0.4, -0.2) is 32.3 Å². The van der Waals surface area contributed by atoms with Gasteiger partial charge in [-0.2, -0.15) is 4.98 Å². The average Bonchev–Trinajstić information content (AvgIpc) is 3.13. The molecule has 27 heavy (non-hydrogen) atoms. The molecule has 0 spiro atoms. The summed E-state index contributed by atoms with van der Waals surface area (Å²) in [5.74, 6) is 0.0644. The first kappa shape index (κ1) is 19.0. The number of hydrogen-bond acceptors (Lipinski definition) is 6. The molecule has 2 aromatic carbocycles. The SMILES string of the molecule is COCCc1noc(CN(c2ccccc2)S(=O)(=O)c2ccc(F)cc2)n1. The van der Waals surface area contributed by atoms with Crippen molar-refractivity contribution < 1.29 is 22.1 Å². The van der Waals surface area contributed by atoms with Gasteiger partial charge < -0.3 is 9.26 Å². The standard InChI is InChI=1S/C18H18FN3O4S/c1-25-12-11-17-20-18(26-21-17)13-22(15-5-3-2-4-6-15)27(23,24)16-9-7-14(19)8-10-16/h2-10H,11-13H2,1H3. The summed E-state index contributed by atoms with van der Waals surface area (Å²) < 4.78 is 50.7. The van der Waals surface area contributed by atoms with E-state index < -0.39 is 15.8 Å². The molecular weight excluding hydrogens is 373 g/mol. The number of aromatic nitrogens is 2. The maximum Gasteiger partial charge on any atom is 0.264 e. The lowest BCUT2D eigenvalue weighted by atomic mass is 10.3. The number of methoxy groups -OCH3 is 1. The zero-order chi connectivity index (χ0) is 19.3. The number of para-hydroxylation sites is 1. The Bertz CT molecular complexity index is 975. The van der Waals surface area contributed by atoms with Crippen LogP contribution in [0.3, 0.4) is 0 Å². The summed E-state index contributed by atoms with van der Waals surface area (Å²) in [6, 6.07) is 13.2. The van der Waals surface area contributed by atoms with Crippen molar-refractivity contribution >= 4 is 15.7 Å². The van der Waals surface area contributed by atoms with Crippen LogP contribution in [0.4, 0.5) is 10.1 Å². The molecule has 1 aromatic heterocycles. The average molecular weight is 391 g/mol. The zero-order valence-electron chi connectivity index (χ0n) is 14.6. The van der Waals surface area contributed by atoms with Crippen LogP contribution >= 0.6 is 0 Å². The maximum absolute atomic E-state index is 13.2. The number of anilines is 1. The van der Waals surface area contributed by atoms with Crippen LogP contribution in [0.25, 0.3) is 0 Å². The molecule has 0 unspecified atom stereocenters. The molecule has 7 nitrogen and oxygen atoms in total. The fourth-order valence-electron chi connectivity index (χ4n) is 2.42. The molecule has 0 aliphatic heterocycles. The van der Waals surface area contributed by atoms with Gasteiger partial charge in [0.25, 0.3) is 10.0 Å². The van der Waals surface area contributed by atoms with E-state index >= 15 is 0 Å². The van der Waals surface area contributed by atoms with Crippen LogP contribution in [0.1, 0.15) is 11.7 Å². The molecule has 0 atom stereocenters. The lowest BCUT2D eigenvalue weighted by molar-refractivity contribution is 0.199. The Hall–Kier alpha value is -2.78. The molecule has 0 N–H and O–H groups in total. The Kier molecular flexibility index (Phi) is 5.82. The fourth-order valence-corrected chi connectivity index (χ4v) is 3.83. The second-order valence-corrected chi connectivity index (χ2v) is 7.51. The highest BCUT2D eigenvalue weighted by molar-refractivity contribution is 7.92. The number of nitrogens with zero attached hydrogens (tertiary/aromatic N) is 3. The van der Waals surface area contributed by atoms with Crippen LogP contribution < -0.4 is 4.31 Å². The van der Waals surface area contributed by atoms with Crippen molar-refractivity contribution in [3.8, 4) is 0 Å². The zero-order valence-corrected chi connectivity index (χ0v) is 15.4. The summed E-state index contributed by atoms with van der Waals surface area (Å²) in [7, 11) is -2.40. The third-order valence-corrected chi connectivity index (χ3v) is 5.55. The van der Waals surface area contributed by atoms with Crippen molar-refractivity contribution in [2.24, 2.45) is 0 Å². The molecule has 3 rings (SSSR count). The van der Waals surface area contributed by atoms with E-state index in [1.165, 1.54) is 12.1 Å². The van der Waals surface area contributed by atoms with Gasteiger partial charge in [-0.15, -0.1) is 0 Å². The molecular formula is C18H18FN3O4S. The predicted octanol–water partition coefficient (Wildman–Crippen LogP) is 2.79. The Morgan fingerprint density at radius 2 is 1.81 bits per heavy atom.